The lowest BCUT2D eigenvalue weighted by molar-refractivity contribution is -0.139. The number of nitrogens with one attached hydrogen (secondary N) is 1. The second-order valence-corrected chi connectivity index (χ2v) is 3.62. The minimum Gasteiger partial charge on any atom is -0.481 e. The molecule has 92 valence electrons. The molecule has 0 radical (unpaired) electrons. The third kappa shape index (κ3) is 2.94. The highest BCUT2D eigenvalue weighted by atomic mass is 16.4. The number of amides is 1. The lowest BCUT2D eigenvalue weighted by atomic mass is 10.2. The standard InChI is InChI=1S/C12H11N3O3/c16-11(8-12(17)18)14-9-3-1-4-10(7-9)15-6-2-5-13-15/h1-7H,8H2,(H,14,16)(H,17,18). The number of aliphatic carboxylic acids is 1. The highest BCUT2D eigenvalue weighted by Gasteiger charge is 2.08. The molecule has 0 saturated heterocycles. The van der Waals surface area contributed by atoms with Gasteiger partial charge in [-0.05, 0) is 24.3 Å². The molecule has 0 aliphatic heterocycles. The van der Waals surface area contributed by atoms with Crippen LogP contribution in [0.25, 0.3) is 5.69 Å². The van der Waals surface area contributed by atoms with E-state index >= 15 is 0 Å². The summed E-state index contributed by atoms with van der Waals surface area (Å²) in [5.74, 6) is -1.71. The van der Waals surface area contributed by atoms with Gasteiger partial charge in [-0.25, -0.2) is 4.68 Å². The molecule has 1 heterocycles. The zero-order valence-corrected chi connectivity index (χ0v) is 9.41. The molecule has 0 aliphatic rings. The highest BCUT2D eigenvalue weighted by molar-refractivity contribution is 6.01. The Kier molecular flexibility index (Phi) is 3.38. The Morgan fingerprint density at radius 3 is 2.83 bits per heavy atom. The first-order valence-electron chi connectivity index (χ1n) is 5.27. The van der Waals surface area contributed by atoms with Gasteiger partial charge in [0, 0.05) is 18.1 Å². The van der Waals surface area contributed by atoms with Gasteiger partial charge >= 0.3 is 5.97 Å². The first-order valence-corrected chi connectivity index (χ1v) is 5.27. The lowest BCUT2D eigenvalue weighted by Crippen LogP contribution is -2.16. The summed E-state index contributed by atoms with van der Waals surface area (Å²) >= 11 is 0. The summed E-state index contributed by atoms with van der Waals surface area (Å²) < 4.78 is 1.65. The summed E-state index contributed by atoms with van der Waals surface area (Å²) in [5.41, 5.74) is 1.32. The molecule has 6 heteroatoms. The van der Waals surface area contributed by atoms with Gasteiger partial charge in [0.05, 0.1) is 5.69 Å². The summed E-state index contributed by atoms with van der Waals surface area (Å²) in [7, 11) is 0. The van der Waals surface area contributed by atoms with Gasteiger partial charge in [0.2, 0.25) is 5.91 Å². The summed E-state index contributed by atoms with van der Waals surface area (Å²) in [6.07, 6.45) is 2.87. The van der Waals surface area contributed by atoms with Crippen molar-refractivity contribution < 1.29 is 14.7 Å². The van der Waals surface area contributed by atoms with Crippen LogP contribution >= 0.6 is 0 Å². The van der Waals surface area contributed by atoms with Gasteiger partial charge in [-0.1, -0.05) is 6.07 Å². The molecular weight excluding hydrogens is 234 g/mol. The molecule has 2 N–H and O–H groups in total. The molecule has 1 aromatic carbocycles. The Morgan fingerprint density at radius 1 is 1.33 bits per heavy atom. The molecular formula is C12H11N3O3. The van der Waals surface area contributed by atoms with Crippen molar-refractivity contribution in [2.75, 3.05) is 5.32 Å². The van der Waals surface area contributed by atoms with Gasteiger partial charge in [0.25, 0.3) is 0 Å². The van der Waals surface area contributed by atoms with Crippen molar-refractivity contribution in [3.63, 3.8) is 0 Å². The van der Waals surface area contributed by atoms with Crippen molar-refractivity contribution in [2.45, 2.75) is 6.42 Å². The monoisotopic (exact) mass is 245 g/mol. The average molecular weight is 245 g/mol. The quantitative estimate of drug-likeness (QED) is 0.795. The van der Waals surface area contributed by atoms with Crippen molar-refractivity contribution in [2.24, 2.45) is 0 Å². The molecule has 0 atom stereocenters. The van der Waals surface area contributed by atoms with Crippen LogP contribution < -0.4 is 5.32 Å². The predicted molar refractivity (Wildman–Crippen MR) is 64.4 cm³/mol. The topological polar surface area (TPSA) is 84.2 Å². The molecule has 0 aliphatic carbocycles. The van der Waals surface area contributed by atoms with E-state index in [9.17, 15) is 9.59 Å². The molecule has 1 aromatic heterocycles. The van der Waals surface area contributed by atoms with E-state index in [4.69, 9.17) is 5.11 Å². The fraction of sp³-hybridized carbons (Fsp3) is 0.0833. The van der Waals surface area contributed by atoms with Gasteiger partial charge in [0.1, 0.15) is 6.42 Å². The number of aromatic nitrogens is 2. The van der Waals surface area contributed by atoms with Crippen molar-refractivity contribution in [3.05, 3.63) is 42.7 Å². The summed E-state index contributed by atoms with van der Waals surface area (Å²) in [4.78, 5) is 21.7. The second kappa shape index (κ2) is 5.13. The van der Waals surface area contributed by atoms with Crippen LogP contribution in [0.4, 0.5) is 5.69 Å². The maximum absolute atomic E-state index is 11.3. The van der Waals surface area contributed by atoms with E-state index < -0.39 is 18.3 Å². The summed E-state index contributed by atoms with van der Waals surface area (Å²) in [5, 5.41) is 15.1. The third-order valence-corrected chi connectivity index (χ3v) is 2.21. The second-order valence-electron chi connectivity index (χ2n) is 3.62. The molecule has 6 nitrogen and oxygen atoms in total. The van der Waals surface area contributed by atoms with Crippen LogP contribution in [-0.2, 0) is 9.59 Å². The summed E-state index contributed by atoms with van der Waals surface area (Å²) in [6.45, 7) is 0. The van der Waals surface area contributed by atoms with Crippen LogP contribution in [0.5, 0.6) is 0 Å². The van der Waals surface area contributed by atoms with Crippen LogP contribution in [-0.4, -0.2) is 26.8 Å². The van der Waals surface area contributed by atoms with Crippen LogP contribution in [0.3, 0.4) is 0 Å². The Bertz CT molecular complexity index is 564. The van der Waals surface area contributed by atoms with Crippen LogP contribution in [0.1, 0.15) is 6.42 Å². The van der Waals surface area contributed by atoms with Gasteiger partial charge in [-0.2, -0.15) is 5.10 Å². The predicted octanol–water partition coefficient (Wildman–Crippen LogP) is 1.29. The molecule has 1 amide bonds. The molecule has 0 fully saturated rings. The number of carbonyl (C=O) groups excluding carboxylic acids is 1. The maximum Gasteiger partial charge on any atom is 0.312 e. The minimum atomic E-state index is -1.16. The number of carboxylic acid groups (broad SMARTS) is 1. The van der Waals surface area contributed by atoms with E-state index in [0.29, 0.717) is 5.69 Å². The van der Waals surface area contributed by atoms with E-state index in [-0.39, 0.29) is 0 Å². The minimum absolute atomic E-state index is 0.536. The van der Waals surface area contributed by atoms with Crippen LogP contribution in [0.15, 0.2) is 42.7 Å². The molecule has 2 rings (SSSR count). The van der Waals surface area contributed by atoms with Crippen LogP contribution in [0, 0.1) is 0 Å². The number of benzene rings is 1. The largest absolute Gasteiger partial charge is 0.481 e. The Morgan fingerprint density at radius 2 is 2.17 bits per heavy atom. The van der Waals surface area contributed by atoms with Crippen molar-refractivity contribution >= 4 is 17.6 Å². The van der Waals surface area contributed by atoms with E-state index in [1.165, 1.54) is 0 Å². The fourth-order valence-corrected chi connectivity index (χ4v) is 1.49. The SMILES string of the molecule is O=C(O)CC(=O)Nc1cccc(-n2cccn2)c1. The first kappa shape index (κ1) is 11.8. The molecule has 0 spiro atoms. The number of hydrogen-bond acceptors (Lipinski definition) is 3. The molecule has 18 heavy (non-hydrogen) atoms. The number of hydrogen-bond donors (Lipinski definition) is 2. The number of nitrogens with zero attached hydrogens (tertiary/aromatic N) is 2. The van der Waals surface area contributed by atoms with Gasteiger partial charge < -0.3 is 10.4 Å². The van der Waals surface area contributed by atoms with E-state index in [1.807, 2.05) is 6.07 Å². The first-order chi connectivity index (χ1) is 8.65. The Balaban J connectivity index is 2.13. The molecule has 0 bridgehead atoms. The van der Waals surface area contributed by atoms with E-state index in [1.54, 1.807) is 41.3 Å². The maximum atomic E-state index is 11.3. The van der Waals surface area contributed by atoms with Gasteiger partial charge in [0.15, 0.2) is 0 Å². The smallest absolute Gasteiger partial charge is 0.312 e. The average Bonchev–Trinajstić information content (AvgIpc) is 2.81. The fourth-order valence-electron chi connectivity index (χ4n) is 1.49. The highest BCUT2D eigenvalue weighted by Crippen LogP contribution is 2.13. The van der Waals surface area contributed by atoms with Crippen molar-refractivity contribution in [1.82, 2.24) is 9.78 Å². The third-order valence-electron chi connectivity index (χ3n) is 2.21. The number of carbonyl (C=O) groups is 2. The van der Waals surface area contributed by atoms with Gasteiger partial charge in [-0.15, -0.1) is 0 Å². The van der Waals surface area contributed by atoms with Crippen LogP contribution in [0.2, 0.25) is 0 Å². The summed E-state index contributed by atoms with van der Waals surface area (Å²) in [6, 6.07) is 8.78. The Hall–Kier alpha value is -2.63. The van der Waals surface area contributed by atoms with Gasteiger partial charge in [-0.3, -0.25) is 9.59 Å². The zero-order valence-electron chi connectivity index (χ0n) is 9.41. The molecule has 2 aromatic rings. The van der Waals surface area contributed by atoms with Crippen molar-refractivity contribution in [1.29, 1.82) is 0 Å². The number of rotatable bonds is 4. The zero-order chi connectivity index (χ0) is 13.0. The number of carboxylic acids is 1. The normalized spacial score (nSPS) is 10.0. The molecule has 0 saturated carbocycles. The number of anilines is 1. The van der Waals surface area contributed by atoms with Crippen molar-refractivity contribution in [3.8, 4) is 5.69 Å². The Labute approximate surface area is 103 Å². The van der Waals surface area contributed by atoms with E-state index in [0.717, 1.165) is 5.69 Å². The van der Waals surface area contributed by atoms with E-state index in [2.05, 4.69) is 10.4 Å². The lowest BCUT2D eigenvalue weighted by Gasteiger charge is -2.06. The molecule has 0 unspecified atom stereocenters.